The Hall–Kier alpha value is -2.90. The fourth-order valence-corrected chi connectivity index (χ4v) is 4.15. The normalized spacial score (nSPS) is 17.5. The molecule has 0 saturated carbocycles. The zero-order chi connectivity index (χ0) is 23.2. The Labute approximate surface area is 199 Å². The number of aromatic nitrogens is 2. The van der Waals surface area contributed by atoms with E-state index in [0.29, 0.717) is 36.4 Å². The van der Waals surface area contributed by atoms with Gasteiger partial charge in [-0.05, 0) is 57.5 Å². The van der Waals surface area contributed by atoms with E-state index >= 15 is 0 Å². The minimum absolute atomic E-state index is 0.0574. The van der Waals surface area contributed by atoms with Crippen LogP contribution in [0.25, 0.3) is 11.4 Å². The summed E-state index contributed by atoms with van der Waals surface area (Å²) in [5, 5.41) is 7.74. The van der Waals surface area contributed by atoms with Crippen LogP contribution in [-0.2, 0) is 11.3 Å². The van der Waals surface area contributed by atoms with Crippen LogP contribution in [0.5, 0.6) is 5.75 Å². The maximum Gasteiger partial charge on any atom is 0.241 e. The molecule has 0 bridgehead atoms. The van der Waals surface area contributed by atoms with Gasteiger partial charge in [-0.3, -0.25) is 9.69 Å². The number of piperidine rings is 1. The minimum Gasteiger partial charge on any atom is -0.491 e. The third-order valence-corrected chi connectivity index (χ3v) is 6.06. The van der Waals surface area contributed by atoms with Crippen LogP contribution in [0, 0.1) is 12.8 Å². The molecule has 2 atom stereocenters. The molecule has 1 aromatic heterocycles. The zero-order valence-electron chi connectivity index (χ0n) is 19.0. The predicted molar refractivity (Wildman–Crippen MR) is 127 cm³/mol. The van der Waals surface area contributed by atoms with Gasteiger partial charge in [0, 0.05) is 12.1 Å². The van der Waals surface area contributed by atoms with Crippen LogP contribution < -0.4 is 10.1 Å². The number of nitrogens with zero attached hydrogens (tertiary/aromatic N) is 3. The van der Waals surface area contributed by atoms with Gasteiger partial charge in [-0.15, -0.1) is 0 Å². The van der Waals surface area contributed by atoms with Crippen molar-refractivity contribution in [3.63, 3.8) is 0 Å². The number of carbonyl (C=O) groups is 1. The molecule has 0 spiro atoms. The maximum atomic E-state index is 12.8. The van der Waals surface area contributed by atoms with E-state index in [0.717, 1.165) is 30.7 Å². The van der Waals surface area contributed by atoms with Gasteiger partial charge in [0.25, 0.3) is 0 Å². The van der Waals surface area contributed by atoms with E-state index in [2.05, 4.69) is 20.4 Å². The molecule has 33 heavy (non-hydrogen) atoms. The molecule has 2 aromatic carbocycles. The molecule has 7 nitrogen and oxygen atoms in total. The molecular formula is C25H29ClN4O3. The smallest absolute Gasteiger partial charge is 0.241 e. The van der Waals surface area contributed by atoms with Crippen molar-refractivity contribution in [2.24, 2.45) is 5.92 Å². The molecule has 1 saturated heterocycles. The third kappa shape index (κ3) is 6.33. The van der Waals surface area contributed by atoms with Crippen molar-refractivity contribution in [1.29, 1.82) is 0 Å². The number of likely N-dealkylation sites (tertiary alicyclic amines) is 1. The Balaban J connectivity index is 1.27. The average Bonchev–Trinajstić information content (AvgIpc) is 3.27. The molecule has 1 aliphatic heterocycles. The number of hydrogen-bond acceptors (Lipinski definition) is 6. The molecule has 4 rings (SSSR count). The van der Waals surface area contributed by atoms with Crippen molar-refractivity contribution in [1.82, 2.24) is 20.4 Å². The van der Waals surface area contributed by atoms with E-state index in [-0.39, 0.29) is 17.9 Å². The molecule has 1 fully saturated rings. The molecule has 1 amide bonds. The number of aryl methyl sites for hydroxylation is 1. The van der Waals surface area contributed by atoms with Crippen molar-refractivity contribution >= 4 is 17.5 Å². The molecule has 8 heteroatoms. The summed E-state index contributed by atoms with van der Waals surface area (Å²) in [5.41, 5.74) is 1.93. The van der Waals surface area contributed by atoms with Crippen LogP contribution in [0.1, 0.15) is 31.2 Å². The van der Waals surface area contributed by atoms with Crippen molar-refractivity contribution in [3.8, 4) is 17.1 Å². The standard InChI is InChI=1S/C25H29ClN4O3/c1-17-9-11-20(12-10-17)32-16-18(2)27-25(31)19-6-5-13-30(14-19)15-23-28-24(29-33-23)21-7-3-4-8-22(21)26/h3-4,7-12,18-19H,5-6,13-16H2,1-2H3,(H,27,31). The highest BCUT2D eigenvalue weighted by molar-refractivity contribution is 6.33. The lowest BCUT2D eigenvalue weighted by atomic mass is 9.97. The van der Waals surface area contributed by atoms with Gasteiger partial charge >= 0.3 is 0 Å². The maximum absolute atomic E-state index is 12.8. The lowest BCUT2D eigenvalue weighted by molar-refractivity contribution is -0.127. The van der Waals surface area contributed by atoms with E-state index in [1.165, 1.54) is 5.56 Å². The summed E-state index contributed by atoms with van der Waals surface area (Å²) in [6.07, 6.45) is 1.81. The van der Waals surface area contributed by atoms with E-state index in [1.54, 1.807) is 6.07 Å². The largest absolute Gasteiger partial charge is 0.491 e. The van der Waals surface area contributed by atoms with Crippen LogP contribution >= 0.6 is 11.6 Å². The number of nitrogens with one attached hydrogen (secondary N) is 1. The summed E-state index contributed by atoms with van der Waals surface area (Å²) >= 11 is 6.23. The summed E-state index contributed by atoms with van der Waals surface area (Å²) in [5.74, 6) is 1.78. The molecule has 0 radical (unpaired) electrons. The van der Waals surface area contributed by atoms with Gasteiger partial charge in [-0.2, -0.15) is 4.98 Å². The van der Waals surface area contributed by atoms with E-state index in [1.807, 2.05) is 56.3 Å². The fraction of sp³-hybridized carbons (Fsp3) is 0.400. The number of ether oxygens (including phenoxy) is 1. The average molecular weight is 469 g/mol. The van der Waals surface area contributed by atoms with Crippen LogP contribution in [0.2, 0.25) is 5.02 Å². The van der Waals surface area contributed by atoms with E-state index in [4.69, 9.17) is 20.9 Å². The van der Waals surface area contributed by atoms with E-state index < -0.39 is 0 Å². The monoisotopic (exact) mass is 468 g/mol. The summed E-state index contributed by atoms with van der Waals surface area (Å²) in [7, 11) is 0. The van der Waals surface area contributed by atoms with Crippen LogP contribution in [0.15, 0.2) is 53.1 Å². The zero-order valence-corrected chi connectivity index (χ0v) is 19.7. The number of hydrogen-bond donors (Lipinski definition) is 1. The number of halogens is 1. The molecule has 3 aromatic rings. The number of benzene rings is 2. The highest BCUT2D eigenvalue weighted by Crippen LogP contribution is 2.25. The first-order valence-corrected chi connectivity index (χ1v) is 11.7. The third-order valence-electron chi connectivity index (χ3n) is 5.73. The SMILES string of the molecule is Cc1ccc(OCC(C)NC(=O)C2CCCN(Cc3nc(-c4ccccc4Cl)no3)C2)cc1. The Morgan fingerprint density at radius 2 is 2.06 bits per heavy atom. The van der Waals surface area contributed by atoms with Crippen LogP contribution in [0.3, 0.4) is 0 Å². The Morgan fingerprint density at radius 3 is 2.85 bits per heavy atom. The first-order chi connectivity index (χ1) is 16.0. The summed E-state index contributed by atoms with van der Waals surface area (Å²) in [4.78, 5) is 19.5. The fourth-order valence-electron chi connectivity index (χ4n) is 3.93. The van der Waals surface area contributed by atoms with Gasteiger partial charge in [-0.25, -0.2) is 0 Å². The van der Waals surface area contributed by atoms with Gasteiger partial charge in [0.15, 0.2) is 0 Å². The topological polar surface area (TPSA) is 80.5 Å². The van der Waals surface area contributed by atoms with Crippen molar-refractivity contribution in [3.05, 3.63) is 65.0 Å². The minimum atomic E-state index is -0.0803. The second-order valence-corrected chi connectivity index (χ2v) is 9.01. The molecule has 174 valence electrons. The second-order valence-electron chi connectivity index (χ2n) is 8.60. The summed E-state index contributed by atoms with van der Waals surface area (Å²) < 4.78 is 11.2. The molecule has 1 N–H and O–H groups in total. The van der Waals surface area contributed by atoms with Gasteiger partial charge in [-0.1, -0.05) is 46.6 Å². The Kier molecular flexibility index (Phi) is 7.62. The highest BCUT2D eigenvalue weighted by atomic mass is 35.5. The summed E-state index contributed by atoms with van der Waals surface area (Å²) in [6.45, 7) is 6.48. The Bertz CT molecular complexity index is 1070. The molecule has 1 aliphatic rings. The lowest BCUT2D eigenvalue weighted by Crippen LogP contribution is -2.46. The predicted octanol–water partition coefficient (Wildman–Crippen LogP) is 4.49. The number of carbonyl (C=O) groups excluding carboxylic acids is 1. The lowest BCUT2D eigenvalue weighted by Gasteiger charge is -2.31. The first-order valence-electron chi connectivity index (χ1n) is 11.3. The summed E-state index contributed by atoms with van der Waals surface area (Å²) in [6, 6.07) is 15.2. The van der Waals surface area contributed by atoms with Gasteiger partial charge < -0.3 is 14.6 Å². The number of amides is 1. The van der Waals surface area contributed by atoms with Crippen LogP contribution in [0.4, 0.5) is 0 Å². The van der Waals surface area contributed by atoms with Crippen molar-refractivity contribution in [2.75, 3.05) is 19.7 Å². The van der Waals surface area contributed by atoms with Gasteiger partial charge in [0.1, 0.15) is 12.4 Å². The Morgan fingerprint density at radius 1 is 1.27 bits per heavy atom. The quantitative estimate of drug-likeness (QED) is 0.524. The first kappa shape index (κ1) is 23.3. The molecular weight excluding hydrogens is 440 g/mol. The van der Waals surface area contributed by atoms with E-state index in [9.17, 15) is 4.79 Å². The molecule has 2 heterocycles. The van der Waals surface area contributed by atoms with Crippen molar-refractivity contribution in [2.45, 2.75) is 39.3 Å². The number of rotatable bonds is 8. The highest BCUT2D eigenvalue weighted by Gasteiger charge is 2.27. The second kappa shape index (κ2) is 10.8. The molecule has 0 aliphatic carbocycles. The van der Waals surface area contributed by atoms with Crippen LogP contribution in [-0.4, -0.2) is 46.7 Å². The van der Waals surface area contributed by atoms with Gasteiger partial charge in [0.2, 0.25) is 17.6 Å². The van der Waals surface area contributed by atoms with Crippen molar-refractivity contribution < 1.29 is 14.1 Å². The van der Waals surface area contributed by atoms with Gasteiger partial charge in [0.05, 0.1) is 23.5 Å². The molecule has 2 unspecified atom stereocenters.